The van der Waals surface area contributed by atoms with Gasteiger partial charge in [0, 0.05) is 11.6 Å². The molecule has 0 saturated heterocycles. The summed E-state index contributed by atoms with van der Waals surface area (Å²) in [5.41, 5.74) is 9.29. The van der Waals surface area contributed by atoms with Crippen molar-refractivity contribution >= 4 is 0 Å². The lowest BCUT2D eigenvalue weighted by Gasteiger charge is -2.14. The number of aryl methyl sites for hydroxylation is 2. The number of hydrogen-bond acceptors (Lipinski definition) is 3. The predicted octanol–water partition coefficient (Wildman–Crippen LogP) is 2.60. The van der Waals surface area contributed by atoms with E-state index in [2.05, 4.69) is 60.7 Å². The Morgan fingerprint density at radius 2 is 1.72 bits per heavy atom. The number of aromatic nitrogens is 3. The maximum absolute atomic E-state index is 5.72. The molecule has 4 nitrogen and oxygen atoms in total. The Bertz CT molecular complexity index is 535. The molecule has 0 spiro atoms. The molecule has 0 bridgehead atoms. The van der Waals surface area contributed by atoms with Gasteiger partial charge in [0.1, 0.15) is 5.82 Å². The summed E-state index contributed by atoms with van der Waals surface area (Å²) in [5, 5.41) is 8.47. The fourth-order valence-corrected chi connectivity index (χ4v) is 2.31. The molecule has 1 aromatic heterocycles. The van der Waals surface area contributed by atoms with Crippen molar-refractivity contribution in [1.82, 2.24) is 14.8 Å². The van der Waals surface area contributed by atoms with Crippen molar-refractivity contribution < 1.29 is 0 Å². The normalized spacial score (nSPS) is 11.2. The van der Waals surface area contributed by atoms with Gasteiger partial charge >= 0.3 is 0 Å². The van der Waals surface area contributed by atoms with Crippen LogP contribution in [0.25, 0.3) is 11.4 Å². The van der Waals surface area contributed by atoms with Crippen molar-refractivity contribution in [3.8, 4) is 11.4 Å². The zero-order chi connectivity index (χ0) is 13.3. The van der Waals surface area contributed by atoms with E-state index in [0.29, 0.717) is 12.6 Å². The zero-order valence-corrected chi connectivity index (χ0v) is 11.4. The monoisotopic (exact) mass is 244 g/mol. The number of nitrogens with two attached hydrogens (primary N) is 1. The van der Waals surface area contributed by atoms with Crippen LogP contribution in [0, 0.1) is 13.8 Å². The molecular formula is C14H20N4. The van der Waals surface area contributed by atoms with Crippen LogP contribution in [-0.2, 0) is 6.54 Å². The van der Waals surface area contributed by atoms with E-state index in [4.69, 9.17) is 5.73 Å². The van der Waals surface area contributed by atoms with Gasteiger partial charge in [0.15, 0.2) is 5.82 Å². The fraction of sp³-hybridized carbons (Fsp3) is 0.429. The molecule has 0 unspecified atom stereocenters. The van der Waals surface area contributed by atoms with Crippen molar-refractivity contribution in [2.24, 2.45) is 5.73 Å². The van der Waals surface area contributed by atoms with Crippen LogP contribution in [0.15, 0.2) is 18.2 Å². The molecule has 0 aliphatic carbocycles. The minimum Gasteiger partial charge on any atom is -0.324 e. The molecule has 4 heteroatoms. The molecule has 2 aromatic rings. The smallest absolute Gasteiger partial charge is 0.164 e. The Hall–Kier alpha value is -1.68. The first-order valence-corrected chi connectivity index (χ1v) is 6.25. The molecule has 2 rings (SSSR count). The second-order valence-corrected chi connectivity index (χ2v) is 4.98. The maximum atomic E-state index is 5.72. The average Bonchev–Trinajstić information content (AvgIpc) is 2.71. The van der Waals surface area contributed by atoms with Crippen LogP contribution in [0.4, 0.5) is 0 Å². The molecule has 0 amide bonds. The second kappa shape index (κ2) is 4.90. The van der Waals surface area contributed by atoms with Gasteiger partial charge in [-0.1, -0.05) is 17.2 Å². The van der Waals surface area contributed by atoms with E-state index in [-0.39, 0.29) is 0 Å². The van der Waals surface area contributed by atoms with E-state index >= 15 is 0 Å². The number of benzene rings is 1. The van der Waals surface area contributed by atoms with Gasteiger partial charge in [0.25, 0.3) is 0 Å². The minimum atomic E-state index is 0.300. The lowest BCUT2D eigenvalue weighted by atomic mass is 10.1. The van der Waals surface area contributed by atoms with Gasteiger partial charge in [0.2, 0.25) is 0 Å². The fourth-order valence-electron chi connectivity index (χ4n) is 2.31. The summed E-state index contributed by atoms with van der Waals surface area (Å²) in [4.78, 5) is 0. The Balaban J connectivity index is 2.60. The number of hydrogen-bond donors (Lipinski definition) is 1. The SMILES string of the molecule is Cc1cc(C)cc(-c2nnc(CN)n2C(C)C)c1. The maximum Gasteiger partial charge on any atom is 0.164 e. The lowest BCUT2D eigenvalue weighted by molar-refractivity contribution is 0.574. The zero-order valence-electron chi connectivity index (χ0n) is 11.4. The molecule has 0 aliphatic heterocycles. The minimum absolute atomic E-state index is 0.300. The summed E-state index contributed by atoms with van der Waals surface area (Å²) in [6, 6.07) is 6.73. The molecule has 0 atom stereocenters. The molecule has 0 aliphatic rings. The van der Waals surface area contributed by atoms with E-state index < -0.39 is 0 Å². The number of rotatable bonds is 3. The molecule has 1 heterocycles. The molecular weight excluding hydrogens is 224 g/mol. The largest absolute Gasteiger partial charge is 0.324 e. The van der Waals surface area contributed by atoms with Gasteiger partial charge in [-0.3, -0.25) is 0 Å². The highest BCUT2D eigenvalue weighted by molar-refractivity contribution is 5.58. The van der Waals surface area contributed by atoms with E-state index in [1.807, 2.05) is 0 Å². The number of nitrogens with zero attached hydrogens (tertiary/aromatic N) is 3. The quantitative estimate of drug-likeness (QED) is 0.903. The van der Waals surface area contributed by atoms with Crippen LogP contribution in [0.1, 0.15) is 36.8 Å². The van der Waals surface area contributed by atoms with Crippen molar-refractivity contribution in [2.75, 3.05) is 0 Å². The van der Waals surface area contributed by atoms with E-state index in [0.717, 1.165) is 17.2 Å². The van der Waals surface area contributed by atoms with Gasteiger partial charge < -0.3 is 10.3 Å². The van der Waals surface area contributed by atoms with Crippen molar-refractivity contribution in [1.29, 1.82) is 0 Å². The summed E-state index contributed by atoms with van der Waals surface area (Å²) in [6.07, 6.45) is 0. The molecule has 1 aromatic carbocycles. The standard InChI is InChI=1S/C14H20N4/c1-9(2)18-13(8-15)16-17-14(18)12-6-10(3)5-11(4)7-12/h5-7,9H,8,15H2,1-4H3. The second-order valence-electron chi connectivity index (χ2n) is 4.98. The third-order valence-electron chi connectivity index (χ3n) is 2.95. The van der Waals surface area contributed by atoms with Crippen LogP contribution >= 0.6 is 0 Å². The molecule has 0 radical (unpaired) electrons. The summed E-state index contributed by atoms with van der Waals surface area (Å²) in [5.74, 6) is 1.73. The third-order valence-corrected chi connectivity index (χ3v) is 2.95. The van der Waals surface area contributed by atoms with Gasteiger partial charge in [0.05, 0.1) is 6.54 Å². The highest BCUT2D eigenvalue weighted by Crippen LogP contribution is 2.24. The summed E-state index contributed by atoms with van der Waals surface area (Å²) < 4.78 is 2.11. The van der Waals surface area contributed by atoms with Crippen LogP contribution in [0.2, 0.25) is 0 Å². The first kappa shape index (κ1) is 12.8. The van der Waals surface area contributed by atoms with Crippen molar-refractivity contribution in [3.05, 3.63) is 35.2 Å². The summed E-state index contributed by atoms with van der Waals surface area (Å²) in [7, 11) is 0. The van der Waals surface area contributed by atoms with Gasteiger partial charge in [-0.25, -0.2) is 0 Å². The molecule has 96 valence electrons. The Morgan fingerprint density at radius 3 is 2.22 bits per heavy atom. The highest BCUT2D eigenvalue weighted by atomic mass is 15.3. The first-order chi connectivity index (χ1) is 8.52. The molecule has 2 N–H and O–H groups in total. The van der Waals surface area contributed by atoms with Crippen molar-refractivity contribution in [2.45, 2.75) is 40.3 Å². The highest BCUT2D eigenvalue weighted by Gasteiger charge is 2.15. The van der Waals surface area contributed by atoms with Crippen LogP contribution < -0.4 is 5.73 Å². The van der Waals surface area contributed by atoms with Crippen LogP contribution in [-0.4, -0.2) is 14.8 Å². The van der Waals surface area contributed by atoms with Gasteiger partial charge in [-0.2, -0.15) is 0 Å². The Morgan fingerprint density at radius 1 is 1.11 bits per heavy atom. The molecule has 0 saturated carbocycles. The van der Waals surface area contributed by atoms with Gasteiger partial charge in [-0.15, -0.1) is 10.2 Å². The summed E-state index contributed by atoms with van der Waals surface area (Å²) >= 11 is 0. The predicted molar refractivity (Wildman–Crippen MR) is 73.2 cm³/mol. The van der Waals surface area contributed by atoms with Crippen LogP contribution in [0.3, 0.4) is 0 Å². The Labute approximate surface area is 108 Å². The summed E-state index contributed by atoms with van der Waals surface area (Å²) in [6.45, 7) is 8.84. The average molecular weight is 244 g/mol. The topological polar surface area (TPSA) is 56.7 Å². The van der Waals surface area contributed by atoms with Crippen molar-refractivity contribution in [3.63, 3.8) is 0 Å². The lowest BCUT2D eigenvalue weighted by Crippen LogP contribution is -2.11. The molecule has 0 fully saturated rings. The van der Waals surface area contributed by atoms with Gasteiger partial charge in [-0.05, 0) is 39.8 Å². The third kappa shape index (κ3) is 2.29. The van der Waals surface area contributed by atoms with E-state index in [9.17, 15) is 0 Å². The van der Waals surface area contributed by atoms with Crippen LogP contribution in [0.5, 0.6) is 0 Å². The van der Waals surface area contributed by atoms with E-state index in [1.165, 1.54) is 11.1 Å². The molecule has 18 heavy (non-hydrogen) atoms. The Kier molecular flexibility index (Phi) is 3.48. The van der Waals surface area contributed by atoms with E-state index in [1.54, 1.807) is 0 Å². The first-order valence-electron chi connectivity index (χ1n) is 6.25.